The molecule has 2 aromatic heterocycles. The summed E-state index contributed by atoms with van der Waals surface area (Å²) in [6.45, 7) is 0. The predicted molar refractivity (Wildman–Crippen MR) is 49.6 cm³/mol. The van der Waals surface area contributed by atoms with Crippen LogP contribution in [0, 0.1) is 0 Å². The topological polar surface area (TPSA) is 43.3 Å². The van der Waals surface area contributed by atoms with Gasteiger partial charge in [-0.15, -0.1) is 0 Å². The molecule has 0 aliphatic rings. The summed E-state index contributed by atoms with van der Waals surface area (Å²) in [5.41, 5.74) is 5.50. The van der Waals surface area contributed by atoms with Gasteiger partial charge < -0.3 is 5.73 Å². The van der Waals surface area contributed by atoms with Gasteiger partial charge >= 0.3 is 6.18 Å². The Balaban J connectivity index is 2.88. The largest absolute Gasteiger partial charge is 0.450 e. The maximum Gasteiger partial charge on any atom is 0.450 e. The lowest BCUT2D eigenvalue weighted by Crippen LogP contribution is -2.11. The van der Waals surface area contributed by atoms with E-state index < -0.39 is 12.0 Å². The number of pyridine rings is 1. The molecule has 0 aliphatic carbocycles. The van der Waals surface area contributed by atoms with Crippen LogP contribution in [0.3, 0.4) is 0 Å². The third-order valence-electron chi connectivity index (χ3n) is 1.90. The van der Waals surface area contributed by atoms with Crippen LogP contribution in [-0.2, 0) is 6.18 Å². The van der Waals surface area contributed by atoms with E-state index in [-0.39, 0.29) is 16.5 Å². The fraction of sp³-hybridized carbons (Fsp3) is 0.125. The van der Waals surface area contributed by atoms with Crippen LogP contribution >= 0.6 is 11.6 Å². The van der Waals surface area contributed by atoms with Crippen LogP contribution < -0.4 is 5.73 Å². The van der Waals surface area contributed by atoms with Gasteiger partial charge in [-0.25, -0.2) is 4.98 Å². The maximum atomic E-state index is 12.5. The number of aromatic nitrogens is 2. The minimum Gasteiger partial charge on any atom is -0.382 e. The summed E-state index contributed by atoms with van der Waals surface area (Å²) in [4.78, 5) is 3.25. The van der Waals surface area contributed by atoms with Crippen molar-refractivity contribution in [3.8, 4) is 0 Å². The number of nitrogen functional groups attached to an aromatic ring is 1. The lowest BCUT2D eigenvalue weighted by Gasteiger charge is -2.05. The normalized spacial score (nSPS) is 12.3. The van der Waals surface area contributed by atoms with E-state index in [1.807, 2.05) is 0 Å². The van der Waals surface area contributed by atoms with Crippen molar-refractivity contribution in [1.82, 2.24) is 9.38 Å². The number of anilines is 1. The molecule has 0 radical (unpaired) electrons. The second-order valence-electron chi connectivity index (χ2n) is 2.89. The molecule has 80 valence electrons. The molecule has 2 rings (SSSR count). The van der Waals surface area contributed by atoms with Gasteiger partial charge in [-0.05, 0) is 12.1 Å². The molecule has 7 heteroatoms. The summed E-state index contributed by atoms with van der Waals surface area (Å²) >= 11 is 5.65. The molecular weight excluding hydrogens is 231 g/mol. The highest BCUT2D eigenvalue weighted by atomic mass is 35.5. The molecule has 0 unspecified atom stereocenters. The van der Waals surface area contributed by atoms with Crippen LogP contribution in [0.25, 0.3) is 5.52 Å². The number of hydrogen-bond donors (Lipinski definition) is 1. The first-order valence-corrected chi connectivity index (χ1v) is 4.28. The lowest BCUT2D eigenvalue weighted by atomic mass is 10.4. The van der Waals surface area contributed by atoms with E-state index in [4.69, 9.17) is 17.3 Å². The first kappa shape index (κ1) is 10.1. The fourth-order valence-corrected chi connectivity index (χ4v) is 1.55. The van der Waals surface area contributed by atoms with Crippen molar-refractivity contribution >= 4 is 22.9 Å². The van der Waals surface area contributed by atoms with Crippen LogP contribution in [0.2, 0.25) is 5.15 Å². The summed E-state index contributed by atoms with van der Waals surface area (Å²) < 4.78 is 38.3. The third kappa shape index (κ3) is 1.50. The highest BCUT2D eigenvalue weighted by Crippen LogP contribution is 2.32. The van der Waals surface area contributed by atoms with Gasteiger partial charge in [0.2, 0.25) is 5.82 Å². The Morgan fingerprint density at radius 1 is 1.33 bits per heavy atom. The molecule has 0 atom stereocenters. The monoisotopic (exact) mass is 235 g/mol. The van der Waals surface area contributed by atoms with Gasteiger partial charge in [0.25, 0.3) is 0 Å². The number of imidazole rings is 1. The highest BCUT2D eigenvalue weighted by molar-refractivity contribution is 6.29. The maximum absolute atomic E-state index is 12.5. The van der Waals surface area contributed by atoms with Gasteiger partial charge in [-0.3, -0.25) is 4.40 Å². The molecule has 0 amide bonds. The first-order valence-electron chi connectivity index (χ1n) is 3.91. The number of nitrogens with zero attached hydrogens (tertiary/aromatic N) is 2. The number of fused-ring (bicyclic) bond motifs is 1. The number of halogens is 4. The fourth-order valence-electron chi connectivity index (χ4n) is 1.31. The quantitative estimate of drug-likeness (QED) is 0.714. The van der Waals surface area contributed by atoms with Crippen molar-refractivity contribution < 1.29 is 13.2 Å². The Labute approximate surface area is 87.3 Å². The van der Waals surface area contributed by atoms with Gasteiger partial charge in [0.05, 0.1) is 5.52 Å². The van der Waals surface area contributed by atoms with Gasteiger partial charge in [0, 0.05) is 0 Å². The van der Waals surface area contributed by atoms with Crippen LogP contribution in [0.15, 0.2) is 18.2 Å². The van der Waals surface area contributed by atoms with Gasteiger partial charge in [0.1, 0.15) is 11.0 Å². The minimum atomic E-state index is -4.58. The van der Waals surface area contributed by atoms with Gasteiger partial charge in [-0.1, -0.05) is 17.7 Å². The Morgan fingerprint density at radius 3 is 2.60 bits per heavy atom. The van der Waals surface area contributed by atoms with Crippen molar-refractivity contribution in [3.05, 3.63) is 29.2 Å². The molecule has 0 bridgehead atoms. The van der Waals surface area contributed by atoms with Gasteiger partial charge in [-0.2, -0.15) is 13.2 Å². The number of hydrogen-bond acceptors (Lipinski definition) is 2. The van der Waals surface area contributed by atoms with Crippen molar-refractivity contribution in [2.24, 2.45) is 0 Å². The van der Waals surface area contributed by atoms with Crippen molar-refractivity contribution in [3.63, 3.8) is 0 Å². The zero-order valence-corrected chi connectivity index (χ0v) is 7.97. The van der Waals surface area contributed by atoms with E-state index in [1.165, 1.54) is 18.2 Å². The SMILES string of the molecule is Nc1nc(C(F)(F)F)n2c(Cl)cccc12. The Hall–Kier alpha value is -1.43. The van der Waals surface area contributed by atoms with E-state index in [0.717, 1.165) is 4.40 Å². The Kier molecular flexibility index (Phi) is 2.04. The summed E-state index contributed by atoms with van der Waals surface area (Å²) in [5, 5.41) is -0.0796. The van der Waals surface area contributed by atoms with E-state index in [0.29, 0.717) is 0 Å². The number of nitrogens with two attached hydrogens (primary N) is 1. The van der Waals surface area contributed by atoms with Crippen molar-refractivity contribution in [2.45, 2.75) is 6.18 Å². The molecule has 2 N–H and O–H groups in total. The van der Waals surface area contributed by atoms with Crippen LogP contribution in [-0.4, -0.2) is 9.38 Å². The van der Waals surface area contributed by atoms with Crippen molar-refractivity contribution in [1.29, 1.82) is 0 Å². The van der Waals surface area contributed by atoms with Gasteiger partial charge in [0.15, 0.2) is 0 Å². The highest BCUT2D eigenvalue weighted by Gasteiger charge is 2.37. The van der Waals surface area contributed by atoms with Crippen LogP contribution in [0.5, 0.6) is 0 Å². The second kappa shape index (κ2) is 3.03. The smallest absolute Gasteiger partial charge is 0.382 e. The Bertz CT molecular complexity index is 518. The number of alkyl halides is 3. The molecule has 2 aromatic rings. The average Bonchev–Trinajstić information content (AvgIpc) is 2.45. The molecule has 0 saturated carbocycles. The summed E-state index contributed by atoms with van der Waals surface area (Å²) in [6.07, 6.45) is -4.58. The van der Waals surface area contributed by atoms with E-state index in [2.05, 4.69) is 4.98 Å². The summed E-state index contributed by atoms with van der Waals surface area (Å²) in [5.74, 6) is -1.30. The molecule has 0 spiro atoms. The predicted octanol–water partition coefficient (Wildman–Crippen LogP) is 2.59. The van der Waals surface area contributed by atoms with Crippen LogP contribution in [0.1, 0.15) is 5.82 Å². The summed E-state index contributed by atoms with van der Waals surface area (Å²) in [6, 6.07) is 4.27. The zero-order chi connectivity index (χ0) is 11.2. The molecule has 0 saturated heterocycles. The average molecular weight is 236 g/mol. The molecular formula is C8H5ClF3N3. The second-order valence-corrected chi connectivity index (χ2v) is 3.27. The minimum absolute atomic E-state index is 0.0796. The molecule has 15 heavy (non-hydrogen) atoms. The molecule has 2 heterocycles. The molecule has 0 aromatic carbocycles. The lowest BCUT2D eigenvalue weighted by molar-refractivity contribution is -0.145. The van der Waals surface area contributed by atoms with Crippen molar-refractivity contribution in [2.75, 3.05) is 5.73 Å². The van der Waals surface area contributed by atoms with E-state index in [1.54, 1.807) is 0 Å². The molecule has 0 aliphatic heterocycles. The zero-order valence-electron chi connectivity index (χ0n) is 7.22. The standard InChI is InChI=1S/C8H5ClF3N3/c9-5-3-1-2-4-6(13)14-7(15(4)5)8(10,11)12/h1-3H,13H2. The van der Waals surface area contributed by atoms with E-state index >= 15 is 0 Å². The third-order valence-corrected chi connectivity index (χ3v) is 2.19. The first-order chi connectivity index (χ1) is 6.91. The van der Waals surface area contributed by atoms with E-state index in [9.17, 15) is 13.2 Å². The number of rotatable bonds is 0. The molecule has 3 nitrogen and oxygen atoms in total. The summed E-state index contributed by atoms with van der Waals surface area (Å²) in [7, 11) is 0. The van der Waals surface area contributed by atoms with Crippen LogP contribution in [0.4, 0.5) is 19.0 Å². The Morgan fingerprint density at radius 2 is 2.00 bits per heavy atom. The molecule has 0 fully saturated rings.